The number of rotatable bonds is 7. The molecule has 0 atom stereocenters. The number of nitrogens with one attached hydrogen (secondary N) is 2. The lowest BCUT2D eigenvalue weighted by molar-refractivity contribution is -0.123. The third-order valence-corrected chi connectivity index (χ3v) is 5.75. The summed E-state index contributed by atoms with van der Waals surface area (Å²) in [4.78, 5) is 40.2. The van der Waals surface area contributed by atoms with E-state index in [1.165, 1.54) is 17.4 Å². The summed E-state index contributed by atoms with van der Waals surface area (Å²) in [5.41, 5.74) is 9.01. The molecule has 0 unspecified atom stereocenters. The summed E-state index contributed by atoms with van der Waals surface area (Å²) < 4.78 is 1.00. The number of aromatic nitrogens is 1. The molecule has 0 radical (unpaired) electrons. The second-order valence-corrected chi connectivity index (χ2v) is 8.22. The summed E-state index contributed by atoms with van der Waals surface area (Å²) in [5, 5.41) is 5.90. The minimum atomic E-state index is -0.582. The lowest BCUT2D eigenvalue weighted by atomic mass is 10.1. The molecule has 4 rings (SSSR count). The van der Waals surface area contributed by atoms with Gasteiger partial charge in [0.15, 0.2) is 0 Å². The Labute approximate surface area is 188 Å². The molecule has 1 heterocycles. The third-order valence-electron chi connectivity index (χ3n) is 4.73. The molecule has 0 saturated carbocycles. The van der Waals surface area contributed by atoms with E-state index in [0.717, 1.165) is 21.3 Å². The number of hydrogen-bond acceptors (Lipinski definition) is 5. The third kappa shape index (κ3) is 5.16. The van der Waals surface area contributed by atoms with Gasteiger partial charge in [0.05, 0.1) is 23.2 Å². The monoisotopic (exact) mass is 444 g/mol. The van der Waals surface area contributed by atoms with Crippen molar-refractivity contribution in [3.8, 4) is 11.1 Å². The molecule has 1 aromatic heterocycles. The predicted molar refractivity (Wildman–Crippen MR) is 125 cm³/mol. The van der Waals surface area contributed by atoms with E-state index in [9.17, 15) is 14.4 Å². The Morgan fingerprint density at radius 3 is 2.47 bits per heavy atom. The fourth-order valence-corrected chi connectivity index (χ4v) is 4.20. The Kier molecular flexibility index (Phi) is 6.23. The van der Waals surface area contributed by atoms with Gasteiger partial charge in [-0.1, -0.05) is 42.5 Å². The topological polar surface area (TPSA) is 114 Å². The van der Waals surface area contributed by atoms with Crippen LogP contribution in [0, 0.1) is 0 Å². The average Bonchev–Trinajstić information content (AvgIpc) is 3.20. The SMILES string of the molecule is NC(=O)c1cccc(NC(=O)CNC(=O)Cc2nc3ccc(-c4ccccc4)cc3s2)c1. The molecule has 0 aliphatic rings. The van der Waals surface area contributed by atoms with Crippen LogP contribution in [0.1, 0.15) is 15.4 Å². The maximum Gasteiger partial charge on any atom is 0.248 e. The largest absolute Gasteiger partial charge is 0.366 e. The average molecular weight is 445 g/mol. The van der Waals surface area contributed by atoms with E-state index in [1.807, 2.05) is 42.5 Å². The molecule has 4 aromatic rings. The van der Waals surface area contributed by atoms with Gasteiger partial charge in [-0.15, -0.1) is 11.3 Å². The number of fused-ring (bicyclic) bond motifs is 1. The van der Waals surface area contributed by atoms with Crippen molar-refractivity contribution in [1.82, 2.24) is 10.3 Å². The van der Waals surface area contributed by atoms with Crippen LogP contribution in [0.3, 0.4) is 0 Å². The molecular weight excluding hydrogens is 424 g/mol. The Hall–Kier alpha value is -4.04. The van der Waals surface area contributed by atoms with Crippen LogP contribution in [0.25, 0.3) is 21.3 Å². The maximum absolute atomic E-state index is 12.3. The number of carbonyl (C=O) groups is 3. The Morgan fingerprint density at radius 2 is 1.69 bits per heavy atom. The number of benzene rings is 3. The van der Waals surface area contributed by atoms with E-state index in [-0.39, 0.29) is 24.4 Å². The molecule has 8 heteroatoms. The molecule has 0 bridgehead atoms. The van der Waals surface area contributed by atoms with Crippen LogP contribution in [0.2, 0.25) is 0 Å². The fourth-order valence-electron chi connectivity index (χ4n) is 3.19. The van der Waals surface area contributed by atoms with E-state index in [2.05, 4.69) is 21.7 Å². The van der Waals surface area contributed by atoms with Crippen LogP contribution < -0.4 is 16.4 Å². The second-order valence-electron chi connectivity index (χ2n) is 7.10. The number of nitrogens with zero attached hydrogens (tertiary/aromatic N) is 1. The molecule has 160 valence electrons. The molecule has 7 nitrogen and oxygen atoms in total. The minimum Gasteiger partial charge on any atom is -0.366 e. The van der Waals surface area contributed by atoms with Crippen molar-refractivity contribution >= 4 is 45.0 Å². The Morgan fingerprint density at radius 1 is 0.875 bits per heavy atom. The Bertz CT molecular complexity index is 1300. The van der Waals surface area contributed by atoms with Gasteiger partial charge in [0, 0.05) is 11.3 Å². The normalized spacial score (nSPS) is 10.6. The van der Waals surface area contributed by atoms with Crippen LogP contribution >= 0.6 is 11.3 Å². The van der Waals surface area contributed by atoms with E-state index < -0.39 is 11.8 Å². The quantitative estimate of drug-likeness (QED) is 0.405. The first kappa shape index (κ1) is 21.2. The zero-order valence-corrected chi connectivity index (χ0v) is 17.8. The smallest absolute Gasteiger partial charge is 0.248 e. The first-order valence-corrected chi connectivity index (χ1v) is 10.7. The number of hydrogen-bond donors (Lipinski definition) is 3. The summed E-state index contributed by atoms with van der Waals surface area (Å²) >= 11 is 1.46. The number of thiazole rings is 1. The van der Waals surface area contributed by atoms with Crippen LogP contribution in [0.4, 0.5) is 5.69 Å². The van der Waals surface area contributed by atoms with Crippen LogP contribution in [-0.2, 0) is 16.0 Å². The Balaban J connectivity index is 1.34. The van der Waals surface area contributed by atoms with Crippen molar-refractivity contribution in [2.24, 2.45) is 5.73 Å². The summed E-state index contributed by atoms with van der Waals surface area (Å²) in [6, 6.07) is 22.4. The van der Waals surface area contributed by atoms with Gasteiger partial charge >= 0.3 is 0 Å². The molecule has 0 aliphatic carbocycles. The van der Waals surface area contributed by atoms with Crippen molar-refractivity contribution in [1.29, 1.82) is 0 Å². The first-order chi connectivity index (χ1) is 15.5. The number of anilines is 1. The summed E-state index contributed by atoms with van der Waals surface area (Å²) in [7, 11) is 0. The van der Waals surface area contributed by atoms with Gasteiger partial charge in [0.1, 0.15) is 5.01 Å². The molecule has 32 heavy (non-hydrogen) atoms. The first-order valence-electron chi connectivity index (χ1n) is 9.89. The van der Waals surface area contributed by atoms with Crippen molar-refractivity contribution in [3.05, 3.63) is 83.4 Å². The number of amides is 3. The molecule has 3 aromatic carbocycles. The fraction of sp³-hybridized carbons (Fsp3) is 0.0833. The molecule has 4 N–H and O–H groups in total. The van der Waals surface area contributed by atoms with Crippen LogP contribution in [-0.4, -0.2) is 29.3 Å². The minimum absolute atomic E-state index is 0.0878. The summed E-state index contributed by atoms with van der Waals surface area (Å²) in [6.07, 6.45) is 0.0878. The van der Waals surface area contributed by atoms with Crippen molar-refractivity contribution in [2.75, 3.05) is 11.9 Å². The highest BCUT2D eigenvalue weighted by atomic mass is 32.1. The molecule has 0 aliphatic heterocycles. The highest BCUT2D eigenvalue weighted by Gasteiger charge is 2.12. The van der Waals surface area contributed by atoms with Crippen molar-refractivity contribution in [3.63, 3.8) is 0 Å². The summed E-state index contributed by atoms with van der Waals surface area (Å²) in [5.74, 6) is -1.29. The van der Waals surface area contributed by atoms with Crippen LogP contribution in [0.5, 0.6) is 0 Å². The van der Waals surface area contributed by atoms with Gasteiger partial charge in [-0.2, -0.15) is 0 Å². The van der Waals surface area contributed by atoms with E-state index in [1.54, 1.807) is 18.2 Å². The lowest BCUT2D eigenvalue weighted by Gasteiger charge is -2.07. The zero-order valence-electron chi connectivity index (χ0n) is 17.0. The number of carbonyl (C=O) groups excluding carboxylic acids is 3. The van der Waals surface area contributed by atoms with Gasteiger partial charge < -0.3 is 16.4 Å². The lowest BCUT2D eigenvalue weighted by Crippen LogP contribution is -2.33. The number of nitrogens with two attached hydrogens (primary N) is 1. The van der Waals surface area contributed by atoms with E-state index in [0.29, 0.717) is 10.7 Å². The van der Waals surface area contributed by atoms with E-state index >= 15 is 0 Å². The highest BCUT2D eigenvalue weighted by molar-refractivity contribution is 7.18. The molecule has 0 saturated heterocycles. The van der Waals surface area contributed by atoms with E-state index in [4.69, 9.17) is 5.73 Å². The van der Waals surface area contributed by atoms with Gasteiger partial charge in [-0.3, -0.25) is 14.4 Å². The van der Waals surface area contributed by atoms with Crippen molar-refractivity contribution in [2.45, 2.75) is 6.42 Å². The number of primary amides is 1. The zero-order chi connectivity index (χ0) is 22.5. The molecule has 0 fully saturated rings. The second kappa shape index (κ2) is 9.40. The van der Waals surface area contributed by atoms with Gasteiger partial charge in [0.25, 0.3) is 0 Å². The molecular formula is C24H20N4O3S. The molecule has 0 spiro atoms. The van der Waals surface area contributed by atoms with Gasteiger partial charge in [-0.25, -0.2) is 4.98 Å². The van der Waals surface area contributed by atoms with Gasteiger partial charge in [-0.05, 0) is 41.5 Å². The van der Waals surface area contributed by atoms with Gasteiger partial charge in [0.2, 0.25) is 17.7 Å². The predicted octanol–water partition coefficient (Wildman–Crippen LogP) is 3.36. The maximum atomic E-state index is 12.3. The van der Waals surface area contributed by atoms with Crippen molar-refractivity contribution < 1.29 is 14.4 Å². The highest BCUT2D eigenvalue weighted by Crippen LogP contribution is 2.28. The standard InChI is InChI=1S/C24H20N4O3S/c25-24(31)17-7-4-8-18(11-17)27-22(30)14-26-21(29)13-23-28-19-10-9-16(12-20(19)32-23)15-5-2-1-3-6-15/h1-12H,13-14H2,(H2,25,31)(H,26,29)(H,27,30). The summed E-state index contributed by atoms with van der Waals surface area (Å²) in [6.45, 7) is -0.192. The molecule has 3 amide bonds. The van der Waals surface area contributed by atoms with Crippen LogP contribution in [0.15, 0.2) is 72.8 Å².